The Morgan fingerprint density at radius 2 is 1.88 bits per heavy atom. The lowest BCUT2D eigenvalue weighted by Gasteiger charge is -2.39. The molecule has 1 fully saturated rings. The van der Waals surface area contributed by atoms with Crippen LogP contribution in [-0.4, -0.2) is 86.4 Å². The zero-order chi connectivity index (χ0) is 29.7. The number of anilines is 1. The van der Waals surface area contributed by atoms with Gasteiger partial charge >= 0.3 is 6.09 Å². The van der Waals surface area contributed by atoms with Crippen LogP contribution in [0.5, 0.6) is 0 Å². The molecule has 2 heterocycles. The highest BCUT2D eigenvalue weighted by Gasteiger charge is 2.39. The second kappa shape index (κ2) is 13.3. The molecule has 0 aliphatic carbocycles. The number of likely N-dealkylation sites (tertiary alicyclic amines) is 1. The van der Waals surface area contributed by atoms with Crippen LogP contribution < -0.4 is 21.3 Å². The van der Waals surface area contributed by atoms with Crippen molar-refractivity contribution in [3.8, 4) is 0 Å². The third-order valence-corrected chi connectivity index (χ3v) is 8.57. The van der Waals surface area contributed by atoms with Gasteiger partial charge in [0, 0.05) is 43.2 Å². The highest BCUT2D eigenvalue weighted by atomic mass is 16.5. The van der Waals surface area contributed by atoms with Crippen molar-refractivity contribution in [1.82, 2.24) is 15.5 Å². The van der Waals surface area contributed by atoms with Crippen molar-refractivity contribution in [2.75, 3.05) is 45.2 Å². The third-order valence-electron chi connectivity index (χ3n) is 8.57. The fourth-order valence-corrected chi connectivity index (χ4v) is 6.02. The Balaban J connectivity index is 1.56. The molecule has 10 nitrogen and oxygen atoms in total. The van der Waals surface area contributed by atoms with Crippen LogP contribution in [-0.2, 0) is 20.7 Å². The van der Waals surface area contributed by atoms with Crippen molar-refractivity contribution >= 4 is 23.6 Å². The SMILES string of the molecule is COC(=O)NC1Cc2ccccc2N(C(=O)CC(C)(C)C[C@H](N)[C@@H](O)CNC(=O)C(C)(C)C2CCCN(C)C2)C1. The van der Waals surface area contributed by atoms with Crippen LogP contribution in [0.4, 0.5) is 10.5 Å². The minimum atomic E-state index is -0.937. The number of hydrogen-bond acceptors (Lipinski definition) is 7. The van der Waals surface area contributed by atoms with Crippen molar-refractivity contribution in [3.63, 3.8) is 0 Å². The van der Waals surface area contributed by atoms with Crippen molar-refractivity contribution in [1.29, 1.82) is 0 Å². The number of hydrogen-bond donors (Lipinski definition) is 4. The van der Waals surface area contributed by atoms with E-state index in [1.807, 2.05) is 52.0 Å². The molecule has 0 radical (unpaired) electrons. The minimum absolute atomic E-state index is 0.0659. The summed E-state index contributed by atoms with van der Waals surface area (Å²) in [7, 11) is 3.40. The van der Waals surface area contributed by atoms with Crippen LogP contribution in [0.2, 0.25) is 0 Å². The molecule has 3 rings (SSSR count). The maximum atomic E-state index is 13.5. The van der Waals surface area contributed by atoms with Gasteiger partial charge < -0.3 is 36.0 Å². The van der Waals surface area contributed by atoms with E-state index in [1.165, 1.54) is 7.11 Å². The number of nitrogens with zero attached hydrogens (tertiary/aromatic N) is 2. The van der Waals surface area contributed by atoms with E-state index in [9.17, 15) is 19.5 Å². The van der Waals surface area contributed by atoms with E-state index >= 15 is 0 Å². The minimum Gasteiger partial charge on any atom is -0.453 e. The second-order valence-corrected chi connectivity index (χ2v) is 13.0. The number of benzene rings is 1. The van der Waals surface area contributed by atoms with Crippen LogP contribution in [0, 0.1) is 16.7 Å². The smallest absolute Gasteiger partial charge is 0.407 e. The summed E-state index contributed by atoms with van der Waals surface area (Å²) in [5.74, 6) is 0.0970. The van der Waals surface area contributed by atoms with Crippen LogP contribution in [0.3, 0.4) is 0 Å². The summed E-state index contributed by atoms with van der Waals surface area (Å²) in [4.78, 5) is 42.4. The molecule has 40 heavy (non-hydrogen) atoms. The third kappa shape index (κ3) is 8.17. The number of alkyl carbamates (subject to hydrolysis) is 1. The topological polar surface area (TPSA) is 137 Å². The molecule has 2 aliphatic heterocycles. The number of rotatable bonds is 10. The largest absolute Gasteiger partial charge is 0.453 e. The summed E-state index contributed by atoms with van der Waals surface area (Å²) < 4.78 is 4.75. The number of ether oxygens (including phenoxy) is 1. The van der Waals surface area contributed by atoms with Crippen molar-refractivity contribution in [2.24, 2.45) is 22.5 Å². The Morgan fingerprint density at radius 3 is 2.55 bits per heavy atom. The number of methoxy groups -OCH3 is 1. The Hall–Kier alpha value is -2.69. The molecule has 10 heteroatoms. The highest BCUT2D eigenvalue weighted by molar-refractivity contribution is 5.95. The molecule has 4 atom stereocenters. The van der Waals surface area contributed by atoms with Gasteiger partial charge in [-0.25, -0.2) is 4.79 Å². The van der Waals surface area contributed by atoms with E-state index in [4.69, 9.17) is 10.5 Å². The van der Waals surface area contributed by atoms with Gasteiger partial charge in [-0.1, -0.05) is 45.9 Å². The van der Waals surface area contributed by atoms with E-state index in [0.29, 0.717) is 19.4 Å². The number of aliphatic hydroxyl groups is 1. The Morgan fingerprint density at radius 1 is 1.18 bits per heavy atom. The fraction of sp³-hybridized carbons (Fsp3) is 0.700. The average molecular weight is 560 g/mol. The lowest BCUT2D eigenvalue weighted by Crippen LogP contribution is -2.52. The molecule has 1 saturated heterocycles. The summed E-state index contributed by atoms with van der Waals surface area (Å²) in [6.07, 6.45) is 1.83. The quantitative estimate of drug-likeness (QED) is 0.345. The van der Waals surface area contributed by atoms with E-state index in [0.717, 1.165) is 37.2 Å². The van der Waals surface area contributed by atoms with E-state index < -0.39 is 29.1 Å². The summed E-state index contributed by atoms with van der Waals surface area (Å²) >= 11 is 0. The predicted octanol–water partition coefficient (Wildman–Crippen LogP) is 2.28. The molecular formula is C30H49N5O5. The van der Waals surface area contributed by atoms with Crippen molar-refractivity contribution in [2.45, 2.75) is 78.0 Å². The molecule has 3 amide bonds. The first-order valence-corrected chi connectivity index (χ1v) is 14.4. The molecule has 5 N–H and O–H groups in total. The van der Waals surface area contributed by atoms with Crippen LogP contribution in [0.25, 0.3) is 0 Å². The van der Waals surface area contributed by atoms with Gasteiger partial charge in [-0.3, -0.25) is 9.59 Å². The van der Waals surface area contributed by atoms with E-state index in [1.54, 1.807) is 4.90 Å². The molecule has 0 spiro atoms. The molecule has 1 aromatic rings. The maximum absolute atomic E-state index is 13.5. The summed E-state index contributed by atoms with van der Waals surface area (Å²) in [5, 5.41) is 16.5. The fourth-order valence-electron chi connectivity index (χ4n) is 6.02. The number of carbonyl (C=O) groups is 3. The summed E-state index contributed by atoms with van der Waals surface area (Å²) in [5.41, 5.74) is 7.15. The van der Waals surface area contributed by atoms with Gasteiger partial charge in [0.2, 0.25) is 11.8 Å². The van der Waals surface area contributed by atoms with Crippen LogP contribution in [0.1, 0.15) is 58.9 Å². The Labute approximate surface area is 239 Å². The van der Waals surface area contributed by atoms with E-state index in [2.05, 4.69) is 22.6 Å². The maximum Gasteiger partial charge on any atom is 0.407 e. The highest BCUT2D eigenvalue weighted by Crippen LogP contribution is 2.35. The first kappa shape index (κ1) is 31.8. The number of carbonyl (C=O) groups excluding carboxylic acids is 3. The number of piperidine rings is 1. The number of para-hydroxylation sites is 1. The first-order valence-electron chi connectivity index (χ1n) is 14.4. The summed E-state index contributed by atoms with van der Waals surface area (Å²) in [6.45, 7) is 10.2. The van der Waals surface area contributed by atoms with Gasteiger partial charge in [-0.2, -0.15) is 0 Å². The molecule has 2 aliphatic rings. The second-order valence-electron chi connectivity index (χ2n) is 13.0. The predicted molar refractivity (Wildman–Crippen MR) is 156 cm³/mol. The molecule has 224 valence electrons. The van der Waals surface area contributed by atoms with Crippen molar-refractivity contribution in [3.05, 3.63) is 29.8 Å². The lowest BCUT2D eigenvalue weighted by molar-refractivity contribution is -0.133. The Kier molecular flexibility index (Phi) is 10.6. The number of nitrogens with two attached hydrogens (primary N) is 1. The number of fused-ring (bicyclic) bond motifs is 1. The zero-order valence-electron chi connectivity index (χ0n) is 25.0. The lowest BCUT2D eigenvalue weighted by atomic mass is 9.74. The van der Waals surface area contributed by atoms with Gasteiger partial charge in [0.05, 0.1) is 19.3 Å². The standard InChI is InChI=1S/C30H49N5O5/c1-29(2,15-23(31)25(36)17-32-27(38)30(3,4)21-11-9-13-34(5)18-21)16-26(37)35-19-22(33-28(39)40-6)14-20-10-7-8-12-24(20)35/h7-8,10,12,21-23,25,36H,9,11,13-19,31H2,1-6H3,(H,32,38)(H,33,39)/t21?,22?,23-,25-/m0/s1. The van der Waals surface area contributed by atoms with Crippen LogP contribution >= 0.6 is 0 Å². The molecule has 0 saturated carbocycles. The van der Waals surface area contributed by atoms with Crippen molar-refractivity contribution < 1.29 is 24.2 Å². The number of nitrogens with one attached hydrogen (secondary N) is 2. The van der Waals surface area contributed by atoms with Gasteiger partial charge in [-0.05, 0) is 62.2 Å². The molecule has 0 bridgehead atoms. The van der Waals surface area contributed by atoms with Gasteiger partial charge in [0.1, 0.15) is 0 Å². The normalized spacial score (nSPS) is 21.6. The van der Waals surface area contributed by atoms with Gasteiger partial charge in [0.25, 0.3) is 0 Å². The number of amides is 3. The van der Waals surface area contributed by atoms with Crippen LogP contribution in [0.15, 0.2) is 24.3 Å². The molecule has 1 aromatic carbocycles. The number of aliphatic hydroxyl groups excluding tert-OH is 1. The van der Waals surface area contributed by atoms with E-state index in [-0.39, 0.29) is 36.7 Å². The monoisotopic (exact) mass is 559 g/mol. The van der Waals surface area contributed by atoms with Gasteiger partial charge in [0.15, 0.2) is 0 Å². The Bertz CT molecular complexity index is 1050. The summed E-state index contributed by atoms with van der Waals surface area (Å²) in [6, 6.07) is 6.81. The molecular weight excluding hydrogens is 510 g/mol. The average Bonchev–Trinajstić information content (AvgIpc) is 2.90. The van der Waals surface area contributed by atoms with Gasteiger partial charge in [-0.15, -0.1) is 0 Å². The zero-order valence-corrected chi connectivity index (χ0v) is 25.0. The molecule has 2 unspecified atom stereocenters. The molecule has 0 aromatic heterocycles. The first-order chi connectivity index (χ1) is 18.7.